The zero-order chi connectivity index (χ0) is 17.1. The van der Waals surface area contributed by atoms with Crippen LogP contribution in [0.4, 0.5) is 0 Å². The van der Waals surface area contributed by atoms with E-state index in [-0.39, 0.29) is 30.8 Å². The molecule has 0 fully saturated rings. The standard InChI is InChI=1S/C16H20Cl2N4O.ClH/c1-9(8-19)20-16(23)7-13-10(2)21-22(11(13)3)15-5-4-12(17)6-14(15)18;/h4-6,9H,7-8,19H2,1-3H3,(H,20,23);1H/t9-;/m0./s1. The van der Waals surface area contributed by atoms with E-state index in [0.29, 0.717) is 16.6 Å². The summed E-state index contributed by atoms with van der Waals surface area (Å²) in [7, 11) is 0. The van der Waals surface area contributed by atoms with Gasteiger partial charge in [-0.1, -0.05) is 23.2 Å². The van der Waals surface area contributed by atoms with Gasteiger partial charge in [0, 0.05) is 28.9 Å². The highest BCUT2D eigenvalue weighted by Crippen LogP contribution is 2.27. The van der Waals surface area contributed by atoms with E-state index >= 15 is 0 Å². The monoisotopic (exact) mass is 390 g/mol. The summed E-state index contributed by atoms with van der Waals surface area (Å²) in [6.45, 7) is 6.07. The van der Waals surface area contributed by atoms with Crippen molar-refractivity contribution >= 4 is 41.5 Å². The first-order valence-electron chi connectivity index (χ1n) is 7.33. The van der Waals surface area contributed by atoms with Crippen LogP contribution in [0.1, 0.15) is 23.9 Å². The molecular formula is C16H21Cl3N4O. The van der Waals surface area contributed by atoms with Gasteiger partial charge in [-0.2, -0.15) is 5.10 Å². The van der Waals surface area contributed by atoms with Gasteiger partial charge in [-0.25, -0.2) is 4.68 Å². The lowest BCUT2D eigenvalue weighted by molar-refractivity contribution is -0.121. The lowest BCUT2D eigenvalue weighted by Crippen LogP contribution is -2.38. The minimum absolute atomic E-state index is 0. The second kappa shape index (κ2) is 8.72. The Bertz CT molecular complexity index is 730. The second-order valence-corrected chi connectivity index (χ2v) is 6.38. The van der Waals surface area contributed by atoms with Crippen molar-refractivity contribution in [2.75, 3.05) is 6.54 Å². The smallest absolute Gasteiger partial charge is 0.224 e. The molecule has 1 heterocycles. The van der Waals surface area contributed by atoms with Crippen LogP contribution in [-0.2, 0) is 11.2 Å². The van der Waals surface area contributed by atoms with Crippen molar-refractivity contribution in [3.63, 3.8) is 0 Å². The number of aryl methyl sites for hydroxylation is 1. The Hall–Kier alpha value is -1.27. The molecule has 24 heavy (non-hydrogen) atoms. The molecule has 0 aliphatic rings. The average molecular weight is 392 g/mol. The van der Waals surface area contributed by atoms with Crippen LogP contribution in [0.2, 0.25) is 10.0 Å². The van der Waals surface area contributed by atoms with Crippen molar-refractivity contribution in [2.24, 2.45) is 5.73 Å². The van der Waals surface area contributed by atoms with Gasteiger partial charge in [0.05, 0.1) is 22.8 Å². The number of carbonyl (C=O) groups excluding carboxylic acids is 1. The maximum absolute atomic E-state index is 12.1. The number of nitrogens with zero attached hydrogens (tertiary/aromatic N) is 2. The average Bonchev–Trinajstić information content (AvgIpc) is 2.75. The Balaban J connectivity index is 0.00000288. The number of hydrogen-bond acceptors (Lipinski definition) is 3. The molecule has 0 spiro atoms. The van der Waals surface area contributed by atoms with E-state index in [1.54, 1.807) is 16.8 Å². The summed E-state index contributed by atoms with van der Waals surface area (Å²) in [6.07, 6.45) is 0.257. The Morgan fingerprint density at radius 1 is 1.38 bits per heavy atom. The summed E-state index contributed by atoms with van der Waals surface area (Å²) < 4.78 is 1.74. The number of rotatable bonds is 5. The number of halogens is 3. The highest BCUT2D eigenvalue weighted by atomic mass is 35.5. The van der Waals surface area contributed by atoms with Crippen LogP contribution < -0.4 is 11.1 Å². The van der Waals surface area contributed by atoms with Crippen molar-refractivity contribution < 1.29 is 4.79 Å². The summed E-state index contributed by atoms with van der Waals surface area (Å²) in [4.78, 5) is 12.1. The number of aromatic nitrogens is 2. The fraction of sp³-hybridized carbons (Fsp3) is 0.375. The van der Waals surface area contributed by atoms with Gasteiger partial charge in [0.2, 0.25) is 5.91 Å². The number of nitrogens with two attached hydrogens (primary N) is 1. The molecule has 1 atom stereocenters. The van der Waals surface area contributed by atoms with Gasteiger partial charge in [-0.15, -0.1) is 12.4 Å². The highest BCUT2D eigenvalue weighted by Gasteiger charge is 2.18. The third kappa shape index (κ3) is 4.63. The minimum Gasteiger partial charge on any atom is -0.352 e. The van der Waals surface area contributed by atoms with Gasteiger partial charge in [0.25, 0.3) is 0 Å². The summed E-state index contributed by atoms with van der Waals surface area (Å²) >= 11 is 12.2. The van der Waals surface area contributed by atoms with Gasteiger partial charge < -0.3 is 11.1 Å². The topological polar surface area (TPSA) is 72.9 Å². The van der Waals surface area contributed by atoms with E-state index in [1.807, 2.05) is 26.8 Å². The second-order valence-electron chi connectivity index (χ2n) is 5.54. The number of hydrogen-bond donors (Lipinski definition) is 2. The molecule has 132 valence electrons. The first-order chi connectivity index (χ1) is 10.8. The van der Waals surface area contributed by atoms with E-state index in [0.717, 1.165) is 22.6 Å². The molecule has 3 N–H and O–H groups in total. The predicted octanol–water partition coefficient (Wildman–Crippen LogP) is 3.22. The third-order valence-corrected chi connectivity index (χ3v) is 4.22. The van der Waals surface area contributed by atoms with Crippen molar-refractivity contribution in [1.82, 2.24) is 15.1 Å². The van der Waals surface area contributed by atoms with E-state index < -0.39 is 0 Å². The third-order valence-electron chi connectivity index (χ3n) is 3.68. The summed E-state index contributed by atoms with van der Waals surface area (Å²) in [5, 5.41) is 8.44. The van der Waals surface area contributed by atoms with Crippen LogP contribution in [0.3, 0.4) is 0 Å². The normalized spacial score (nSPS) is 11.8. The quantitative estimate of drug-likeness (QED) is 0.822. The molecule has 2 aromatic rings. The van der Waals surface area contributed by atoms with Gasteiger partial charge in [0.15, 0.2) is 0 Å². The molecule has 1 aromatic heterocycles. The zero-order valence-corrected chi connectivity index (χ0v) is 16.1. The van der Waals surface area contributed by atoms with E-state index in [9.17, 15) is 4.79 Å². The molecular weight excluding hydrogens is 371 g/mol. The van der Waals surface area contributed by atoms with Gasteiger partial charge in [0.1, 0.15) is 0 Å². The van der Waals surface area contributed by atoms with Crippen LogP contribution >= 0.6 is 35.6 Å². The molecule has 1 amide bonds. The SMILES string of the molecule is Cc1nn(-c2ccc(Cl)cc2Cl)c(C)c1CC(=O)N[C@@H](C)CN.Cl. The predicted molar refractivity (Wildman–Crippen MR) is 101 cm³/mol. The van der Waals surface area contributed by atoms with E-state index in [1.165, 1.54) is 0 Å². The Labute approximate surface area is 157 Å². The Kier molecular flexibility index (Phi) is 7.55. The van der Waals surface area contributed by atoms with Crippen molar-refractivity contribution in [2.45, 2.75) is 33.2 Å². The lowest BCUT2D eigenvalue weighted by Gasteiger charge is -2.11. The lowest BCUT2D eigenvalue weighted by atomic mass is 10.1. The summed E-state index contributed by atoms with van der Waals surface area (Å²) in [6, 6.07) is 5.19. The number of benzene rings is 1. The maximum atomic E-state index is 12.1. The summed E-state index contributed by atoms with van der Waals surface area (Å²) in [5.41, 5.74) is 8.82. The molecule has 0 aliphatic carbocycles. The summed E-state index contributed by atoms with van der Waals surface area (Å²) in [5.74, 6) is -0.0732. The van der Waals surface area contributed by atoms with Crippen molar-refractivity contribution in [3.05, 3.63) is 45.2 Å². The first-order valence-corrected chi connectivity index (χ1v) is 8.09. The largest absolute Gasteiger partial charge is 0.352 e. The molecule has 0 unspecified atom stereocenters. The van der Waals surface area contributed by atoms with Crippen LogP contribution in [0.5, 0.6) is 0 Å². The fourth-order valence-electron chi connectivity index (χ4n) is 2.36. The van der Waals surface area contributed by atoms with Gasteiger partial charge in [-0.3, -0.25) is 4.79 Å². The molecule has 0 aliphatic heterocycles. The van der Waals surface area contributed by atoms with Crippen LogP contribution in [0, 0.1) is 13.8 Å². The van der Waals surface area contributed by atoms with Crippen LogP contribution in [-0.4, -0.2) is 28.3 Å². The molecule has 2 rings (SSSR count). The first kappa shape index (κ1) is 20.8. The highest BCUT2D eigenvalue weighted by molar-refractivity contribution is 6.35. The number of amides is 1. The number of nitrogens with one attached hydrogen (secondary N) is 1. The molecule has 0 radical (unpaired) electrons. The molecule has 0 saturated heterocycles. The van der Waals surface area contributed by atoms with E-state index in [2.05, 4.69) is 10.4 Å². The molecule has 1 aromatic carbocycles. The maximum Gasteiger partial charge on any atom is 0.224 e. The van der Waals surface area contributed by atoms with Crippen molar-refractivity contribution in [1.29, 1.82) is 0 Å². The van der Waals surface area contributed by atoms with E-state index in [4.69, 9.17) is 28.9 Å². The van der Waals surface area contributed by atoms with Crippen LogP contribution in [0.15, 0.2) is 18.2 Å². The number of carbonyl (C=O) groups is 1. The fourth-order valence-corrected chi connectivity index (χ4v) is 2.85. The minimum atomic E-state index is -0.0732. The van der Waals surface area contributed by atoms with Crippen molar-refractivity contribution in [3.8, 4) is 5.69 Å². The van der Waals surface area contributed by atoms with Gasteiger partial charge >= 0.3 is 0 Å². The zero-order valence-electron chi connectivity index (χ0n) is 13.8. The molecule has 0 bridgehead atoms. The Morgan fingerprint density at radius 2 is 2.04 bits per heavy atom. The molecule has 0 saturated carbocycles. The molecule has 8 heteroatoms. The van der Waals surface area contributed by atoms with Gasteiger partial charge in [-0.05, 0) is 39.0 Å². The molecule has 5 nitrogen and oxygen atoms in total. The Morgan fingerprint density at radius 3 is 2.62 bits per heavy atom. The van der Waals surface area contributed by atoms with Crippen LogP contribution in [0.25, 0.3) is 5.69 Å².